The van der Waals surface area contributed by atoms with Gasteiger partial charge < -0.3 is 10.2 Å². The largest absolute Gasteiger partial charge is 0.372 e. The van der Waals surface area contributed by atoms with Crippen LogP contribution in [0.1, 0.15) is 36.0 Å². The third-order valence-corrected chi connectivity index (χ3v) is 6.98. The first-order valence-corrected chi connectivity index (χ1v) is 11.4. The van der Waals surface area contributed by atoms with Crippen molar-refractivity contribution < 1.29 is 18.0 Å². The van der Waals surface area contributed by atoms with E-state index in [0.29, 0.717) is 11.3 Å². The Balaban J connectivity index is 1.43. The minimum Gasteiger partial charge on any atom is -0.372 e. The number of rotatable bonds is 4. The number of hydrogen-bond acceptors (Lipinski definition) is 5. The van der Waals surface area contributed by atoms with E-state index in [4.69, 9.17) is 0 Å². The van der Waals surface area contributed by atoms with Gasteiger partial charge in [-0.1, -0.05) is 0 Å². The minimum atomic E-state index is -3.61. The maximum atomic E-state index is 12.5. The SMILES string of the molecule is O=C(Nc1ccc(N2CCCCC2)cc1)c1ccc(N2C(=O)CCS2(=O)=O)cc1. The van der Waals surface area contributed by atoms with Crippen molar-refractivity contribution >= 4 is 38.9 Å². The lowest BCUT2D eigenvalue weighted by atomic mass is 10.1. The first-order chi connectivity index (χ1) is 13.9. The van der Waals surface area contributed by atoms with E-state index >= 15 is 0 Å². The fraction of sp³-hybridized carbons (Fsp3) is 0.333. The molecule has 2 amide bonds. The second-order valence-corrected chi connectivity index (χ2v) is 9.26. The van der Waals surface area contributed by atoms with Crippen LogP contribution in [-0.2, 0) is 14.8 Å². The van der Waals surface area contributed by atoms with Gasteiger partial charge in [-0.25, -0.2) is 12.7 Å². The average molecular weight is 413 g/mol. The molecule has 29 heavy (non-hydrogen) atoms. The van der Waals surface area contributed by atoms with Gasteiger partial charge in [0.1, 0.15) is 0 Å². The summed E-state index contributed by atoms with van der Waals surface area (Å²) >= 11 is 0. The maximum Gasteiger partial charge on any atom is 0.255 e. The zero-order chi connectivity index (χ0) is 20.4. The number of hydrogen-bond donors (Lipinski definition) is 1. The fourth-order valence-corrected chi connectivity index (χ4v) is 5.19. The normalized spacial score (nSPS) is 18.7. The standard InChI is InChI=1S/C21H23N3O4S/c25-20-12-15-29(27,28)24(20)19-8-4-16(5-9-19)21(26)22-17-6-10-18(11-7-17)23-13-2-1-3-14-23/h4-11H,1-3,12-15H2,(H,22,26). The molecule has 0 saturated carbocycles. The van der Waals surface area contributed by atoms with E-state index in [9.17, 15) is 18.0 Å². The van der Waals surface area contributed by atoms with Gasteiger partial charge in [0.2, 0.25) is 15.9 Å². The van der Waals surface area contributed by atoms with Gasteiger partial charge >= 0.3 is 0 Å². The van der Waals surface area contributed by atoms with Crippen molar-refractivity contribution in [2.45, 2.75) is 25.7 Å². The van der Waals surface area contributed by atoms with Crippen LogP contribution in [0, 0.1) is 0 Å². The van der Waals surface area contributed by atoms with Gasteiger partial charge in [-0.05, 0) is 67.8 Å². The molecule has 2 fully saturated rings. The third kappa shape index (κ3) is 4.12. The van der Waals surface area contributed by atoms with Crippen LogP contribution in [0.25, 0.3) is 0 Å². The smallest absolute Gasteiger partial charge is 0.255 e. The lowest BCUT2D eigenvalue weighted by molar-refractivity contribution is -0.116. The summed E-state index contributed by atoms with van der Waals surface area (Å²) < 4.78 is 24.8. The zero-order valence-corrected chi connectivity index (χ0v) is 16.8. The number of sulfonamides is 1. The first kappa shape index (κ1) is 19.4. The average Bonchev–Trinajstić information content (AvgIpc) is 3.01. The Morgan fingerprint density at radius 3 is 2.07 bits per heavy atom. The summed E-state index contributed by atoms with van der Waals surface area (Å²) in [5.74, 6) is -0.921. The predicted molar refractivity (Wildman–Crippen MR) is 113 cm³/mol. The summed E-state index contributed by atoms with van der Waals surface area (Å²) in [4.78, 5) is 26.7. The summed E-state index contributed by atoms with van der Waals surface area (Å²) in [7, 11) is -3.61. The van der Waals surface area contributed by atoms with Crippen LogP contribution in [-0.4, -0.2) is 39.1 Å². The van der Waals surface area contributed by atoms with Crippen LogP contribution < -0.4 is 14.5 Å². The van der Waals surface area contributed by atoms with Crippen LogP contribution in [0.15, 0.2) is 48.5 Å². The Kier molecular flexibility index (Phi) is 5.27. The van der Waals surface area contributed by atoms with Crippen molar-refractivity contribution in [2.75, 3.05) is 33.4 Å². The molecule has 2 aromatic rings. The van der Waals surface area contributed by atoms with Gasteiger partial charge in [-0.3, -0.25) is 9.59 Å². The summed E-state index contributed by atoms with van der Waals surface area (Å²) in [6.45, 7) is 2.13. The number of carbonyl (C=O) groups excluding carboxylic acids is 2. The van der Waals surface area contributed by atoms with Crippen LogP contribution >= 0.6 is 0 Å². The van der Waals surface area contributed by atoms with E-state index in [2.05, 4.69) is 10.2 Å². The number of nitrogens with one attached hydrogen (secondary N) is 1. The van der Waals surface area contributed by atoms with Crippen molar-refractivity contribution in [1.82, 2.24) is 0 Å². The van der Waals surface area contributed by atoms with E-state index in [1.54, 1.807) is 0 Å². The molecular formula is C21H23N3O4S. The summed E-state index contributed by atoms with van der Waals surface area (Å²) in [6.07, 6.45) is 3.68. The molecule has 0 atom stereocenters. The molecule has 0 spiro atoms. The minimum absolute atomic E-state index is 0.0159. The molecule has 2 saturated heterocycles. The van der Waals surface area contributed by atoms with Crippen LogP contribution in [0.5, 0.6) is 0 Å². The highest BCUT2D eigenvalue weighted by Gasteiger charge is 2.36. The first-order valence-electron chi connectivity index (χ1n) is 9.76. The lowest BCUT2D eigenvalue weighted by Crippen LogP contribution is -2.29. The highest BCUT2D eigenvalue weighted by molar-refractivity contribution is 7.94. The van der Waals surface area contributed by atoms with Crippen LogP contribution in [0.2, 0.25) is 0 Å². The molecule has 0 unspecified atom stereocenters. The van der Waals surface area contributed by atoms with Crippen molar-refractivity contribution in [2.24, 2.45) is 0 Å². The Bertz CT molecular complexity index is 1010. The molecule has 2 heterocycles. The molecule has 1 N–H and O–H groups in total. The summed E-state index contributed by atoms with van der Waals surface area (Å²) in [5.41, 5.74) is 2.49. The molecule has 0 aromatic heterocycles. The van der Waals surface area contributed by atoms with E-state index in [-0.39, 0.29) is 23.8 Å². The quantitative estimate of drug-likeness (QED) is 0.833. The van der Waals surface area contributed by atoms with Crippen molar-refractivity contribution in [1.29, 1.82) is 0 Å². The molecule has 7 nitrogen and oxygen atoms in total. The monoisotopic (exact) mass is 413 g/mol. The number of piperidine rings is 1. The number of nitrogens with zero attached hydrogens (tertiary/aromatic N) is 2. The molecule has 8 heteroatoms. The molecule has 0 aliphatic carbocycles. The van der Waals surface area contributed by atoms with Crippen molar-refractivity contribution in [3.63, 3.8) is 0 Å². The topological polar surface area (TPSA) is 86.8 Å². The molecule has 152 valence electrons. The molecule has 0 bridgehead atoms. The van der Waals surface area contributed by atoms with E-state index in [0.717, 1.165) is 23.1 Å². The Labute approximate surface area is 170 Å². The van der Waals surface area contributed by atoms with Gasteiger partial charge in [-0.2, -0.15) is 0 Å². The zero-order valence-electron chi connectivity index (χ0n) is 16.0. The molecular weight excluding hydrogens is 390 g/mol. The van der Waals surface area contributed by atoms with E-state index in [1.165, 1.54) is 43.5 Å². The fourth-order valence-electron chi connectivity index (χ4n) is 3.73. The second kappa shape index (κ2) is 7.87. The van der Waals surface area contributed by atoms with Crippen LogP contribution in [0.4, 0.5) is 17.1 Å². The molecule has 2 aromatic carbocycles. The van der Waals surface area contributed by atoms with Gasteiger partial charge in [0.05, 0.1) is 11.4 Å². The molecule has 2 aliphatic rings. The highest BCUT2D eigenvalue weighted by Crippen LogP contribution is 2.26. The van der Waals surface area contributed by atoms with Crippen molar-refractivity contribution in [3.8, 4) is 0 Å². The molecule has 0 radical (unpaired) electrons. The van der Waals surface area contributed by atoms with Crippen LogP contribution in [0.3, 0.4) is 0 Å². The van der Waals surface area contributed by atoms with E-state index in [1.807, 2.05) is 24.3 Å². The summed E-state index contributed by atoms with van der Waals surface area (Å²) in [6, 6.07) is 13.8. The number of carbonyl (C=O) groups is 2. The number of amides is 2. The van der Waals surface area contributed by atoms with Gasteiger partial charge in [0.15, 0.2) is 0 Å². The highest BCUT2D eigenvalue weighted by atomic mass is 32.2. The predicted octanol–water partition coefficient (Wildman–Crippen LogP) is 3.00. The van der Waals surface area contributed by atoms with Gasteiger partial charge in [0, 0.05) is 36.4 Å². The maximum absolute atomic E-state index is 12.5. The number of benzene rings is 2. The molecule has 4 rings (SSSR count). The Morgan fingerprint density at radius 2 is 1.48 bits per heavy atom. The van der Waals surface area contributed by atoms with Gasteiger partial charge in [-0.15, -0.1) is 0 Å². The van der Waals surface area contributed by atoms with Crippen molar-refractivity contribution in [3.05, 3.63) is 54.1 Å². The number of anilines is 3. The Morgan fingerprint density at radius 1 is 0.862 bits per heavy atom. The lowest BCUT2D eigenvalue weighted by Gasteiger charge is -2.28. The van der Waals surface area contributed by atoms with Gasteiger partial charge in [0.25, 0.3) is 5.91 Å². The Hall–Kier alpha value is -2.87. The summed E-state index contributed by atoms with van der Waals surface area (Å²) in [5, 5.41) is 2.85. The third-order valence-electron chi connectivity index (χ3n) is 5.29. The van der Waals surface area contributed by atoms with E-state index < -0.39 is 15.9 Å². The second-order valence-electron chi connectivity index (χ2n) is 7.32. The molecule has 2 aliphatic heterocycles.